The van der Waals surface area contributed by atoms with E-state index < -0.39 is 35.0 Å². The molecule has 0 spiro atoms. The van der Waals surface area contributed by atoms with Crippen LogP contribution >= 0.6 is 0 Å². The summed E-state index contributed by atoms with van der Waals surface area (Å²) in [5.41, 5.74) is 5.65. The van der Waals surface area contributed by atoms with Crippen molar-refractivity contribution in [3.63, 3.8) is 0 Å². The number of aryl methyl sites for hydroxylation is 1. The molecule has 2 aliphatic carbocycles. The van der Waals surface area contributed by atoms with E-state index in [0.29, 0.717) is 23.2 Å². The zero-order valence-corrected chi connectivity index (χ0v) is 23.4. The minimum atomic E-state index is -1.34. The molecule has 0 aromatic heterocycles. The van der Waals surface area contributed by atoms with Gasteiger partial charge in [0.2, 0.25) is 11.8 Å². The van der Waals surface area contributed by atoms with Gasteiger partial charge in [0.05, 0.1) is 28.9 Å². The number of anilines is 1. The fourth-order valence-electron chi connectivity index (χ4n) is 7.98. The zero-order chi connectivity index (χ0) is 29.3. The van der Waals surface area contributed by atoms with Crippen LogP contribution in [0.5, 0.6) is 5.75 Å². The van der Waals surface area contributed by atoms with Crippen LogP contribution in [0.2, 0.25) is 0 Å². The van der Waals surface area contributed by atoms with Crippen LogP contribution in [0.15, 0.2) is 90.5 Å². The molecule has 2 heterocycles. The van der Waals surface area contributed by atoms with Crippen LogP contribution in [-0.4, -0.2) is 45.7 Å². The summed E-state index contributed by atoms with van der Waals surface area (Å²) < 4.78 is 0. The highest BCUT2D eigenvalue weighted by Crippen LogP contribution is 2.64. The monoisotopic (exact) mass is 561 g/mol. The highest BCUT2D eigenvalue weighted by atomic mass is 16.3. The molecule has 212 valence electrons. The van der Waals surface area contributed by atoms with Gasteiger partial charge in [-0.3, -0.25) is 29.5 Å². The number of imide groups is 2. The van der Waals surface area contributed by atoms with E-state index in [1.165, 1.54) is 11.9 Å². The third-order valence-corrected chi connectivity index (χ3v) is 9.82. The number of likely N-dealkylation sites (tertiary alicyclic amines) is 1. The summed E-state index contributed by atoms with van der Waals surface area (Å²) in [7, 11) is 1.52. The predicted octanol–water partition coefficient (Wildman–Crippen LogP) is 4.32. The summed E-state index contributed by atoms with van der Waals surface area (Å²) in [6.07, 6.45) is 2.64. The molecule has 4 aliphatic rings. The van der Waals surface area contributed by atoms with Gasteiger partial charge in [-0.05, 0) is 61.1 Å². The summed E-state index contributed by atoms with van der Waals surface area (Å²) in [6.45, 7) is 1.96. The Hall–Kier alpha value is -4.72. The number of amides is 4. The topological polar surface area (TPSA) is 107 Å². The lowest BCUT2D eigenvalue weighted by molar-refractivity contribution is -0.140. The minimum Gasteiger partial charge on any atom is -0.508 e. The maximum absolute atomic E-state index is 14.9. The van der Waals surface area contributed by atoms with Crippen molar-refractivity contribution in [2.24, 2.45) is 23.7 Å². The lowest BCUT2D eigenvalue weighted by atomic mass is 9.49. The maximum Gasteiger partial charge on any atom is 0.260 e. The molecule has 3 aromatic carbocycles. The molecule has 7 rings (SSSR count). The smallest absolute Gasteiger partial charge is 0.260 e. The predicted molar refractivity (Wildman–Crippen MR) is 155 cm³/mol. The Morgan fingerprint density at radius 3 is 2.31 bits per heavy atom. The number of aromatic hydroxyl groups is 1. The van der Waals surface area contributed by atoms with Gasteiger partial charge in [-0.2, -0.15) is 5.01 Å². The standard InChI is InChI=1S/C34H31N3O5/c1-19-11-13-22(14-12-19)35-37-31(40)27-18-26-24(15-16-25-28(26)32(41)36(2)30(25)39)29(20-7-6-10-23(38)17-20)34(27,33(37)42)21-8-4-3-5-9-21/h3-15,17,25-29,35,38H,16,18H2,1-2H3. The summed E-state index contributed by atoms with van der Waals surface area (Å²) in [4.78, 5) is 57.1. The van der Waals surface area contributed by atoms with Crippen LogP contribution < -0.4 is 5.43 Å². The molecule has 0 radical (unpaired) electrons. The first kappa shape index (κ1) is 26.2. The Kier molecular flexibility index (Phi) is 5.87. The third-order valence-electron chi connectivity index (χ3n) is 9.82. The number of phenols is 1. The second-order valence-electron chi connectivity index (χ2n) is 11.9. The Labute approximate surface area is 243 Å². The number of hydrogen-bond donors (Lipinski definition) is 2. The van der Waals surface area contributed by atoms with Gasteiger partial charge in [0.1, 0.15) is 5.75 Å². The summed E-state index contributed by atoms with van der Waals surface area (Å²) in [5.74, 6) is -4.11. The van der Waals surface area contributed by atoms with Crippen molar-refractivity contribution in [1.29, 1.82) is 0 Å². The molecule has 4 amide bonds. The van der Waals surface area contributed by atoms with Crippen LogP contribution in [0.1, 0.15) is 35.4 Å². The van der Waals surface area contributed by atoms with Crippen LogP contribution in [0.4, 0.5) is 5.69 Å². The van der Waals surface area contributed by atoms with Gasteiger partial charge in [-0.15, -0.1) is 0 Å². The molecule has 3 fully saturated rings. The lowest BCUT2D eigenvalue weighted by Crippen LogP contribution is -2.53. The SMILES string of the molecule is Cc1ccc(NN2C(=O)C3CC4C(=CCC5C(=O)N(C)C(=O)C54)C(c4cccc(O)c4)C3(c3ccccc3)C2=O)cc1. The van der Waals surface area contributed by atoms with E-state index >= 15 is 0 Å². The average Bonchev–Trinajstić information content (AvgIpc) is 3.35. The van der Waals surface area contributed by atoms with E-state index in [0.717, 1.165) is 16.1 Å². The fraction of sp³-hybridized carbons (Fsp3) is 0.294. The van der Waals surface area contributed by atoms with Crippen molar-refractivity contribution in [2.75, 3.05) is 12.5 Å². The first-order chi connectivity index (χ1) is 20.2. The van der Waals surface area contributed by atoms with Crippen molar-refractivity contribution in [1.82, 2.24) is 9.91 Å². The lowest BCUT2D eigenvalue weighted by Gasteiger charge is -2.50. The molecule has 2 aliphatic heterocycles. The van der Waals surface area contributed by atoms with Crippen molar-refractivity contribution < 1.29 is 24.3 Å². The number of fused-ring (bicyclic) bond motifs is 4. The molecule has 0 bridgehead atoms. The Balaban J connectivity index is 1.46. The van der Waals surface area contributed by atoms with E-state index in [9.17, 15) is 24.3 Å². The van der Waals surface area contributed by atoms with Gasteiger partial charge in [-0.25, -0.2) is 0 Å². The average molecular weight is 562 g/mol. The first-order valence-electron chi connectivity index (χ1n) is 14.3. The number of rotatable bonds is 4. The molecular formula is C34H31N3O5. The third kappa shape index (κ3) is 3.54. The molecule has 8 heteroatoms. The van der Waals surface area contributed by atoms with Gasteiger partial charge in [-0.1, -0.05) is 71.8 Å². The van der Waals surface area contributed by atoms with Crippen LogP contribution in [0.25, 0.3) is 0 Å². The molecule has 2 saturated heterocycles. The van der Waals surface area contributed by atoms with Crippen molar-refractivity contribution in [3.8, 4) is 5.75 Å². The van der Waals surface area contributed by atoms with Crippen molar-refractivity contribution >= 4 is 29.3 Å². The first-order valence-corrected chi connectivity index (χ1v) is 14.3. The van der Waals surface area contributed by atoms with Gasteiger partial charge < -0.3 is 5.11 Å². The van der Waals surface area contributed by atoms with Gasteiger partial charge in [0.25, 0.3) is 11.8 Å². The van der Waals surface area contributed by atoms with Gasteiger partial charge in [0, 0.05) is 13.0 Å². The number of carbonyl (C=O) groups is 4. The number of phenolic OH excluding ortho intramolecular Hbond substituents is 1. The van der Waals surface area contributed by atoms with Crippen LogP contribution in [0, 0.1) is 30.6 Å². The number of nitrogens with zero attached hydrogens (tertiary/aromatic N) is 2. The molecule has 1 saturated carbocycles. The van der Waals surface area contributed by atoms with Gasteiger partial charge >= 0.3 is 0 Å². The van der Waals surface area contributed by atoms with E-state index in [1.807, 2.05) is 73.7 Å². The Bertz CT molecular complexity index is 1670. The molecule has 6 atom stereocenters. The van der Waals surface area contributed by atoms with Crippen LogP contribution in [0.3, 0.4) is 0 Å². The quantitative estimate of drug-likeness (QED) is 0.363. The zero-order valence-electron chi connectivity index (χ0n) is 23.4. The van der Waals surface area contributed by atoms with Crippen LogP contribution in [-0.2, 0) is 24.6 Å². The van der Waals surface area contributed by atoms with E-state index in [1.54, 1.807) is 18.2 Å². The van der Waals surface area contributed by atoms with E-state index in [-0.39, 0.29) is 35.8 Å². The number of benzene rings is 3. The van der Waals surface area contributed by atoms with Crippen molar-refractivity contribution in [2.45, 2.75) is 31.1 Å². The number of hydrogen-bond acceptors (Lipinski definition) is 6. The van der Waals surface area contributed by atoms with E-state index in [2.05, 4.69) is 5.43 Å². The Morgan fingerprint density at radius 1 is 0.857 bits per heavy atom. The molecule has 3 aromatic rings. The van der Waals surface area contributed by atoms with E-state index in [4.69, 9.17) is 0 Å². The summed E-state index contributed by atoms with van der Waals surface area (Å²) >= 11 is 0. The second kappa shape index (κ2) is 9.41. The number of hydrazine groups is 1. The second-order valence-corrected chi connectivity index (χ2v) is 11.9. The molecule has 42 heavy (non-hydrogen) atoms. The Morgan fingerprint density at radius 2 is 1.60 bits per heavy atom. The highest BCUT2D eigenvalue weighted by molar-refractivity contribution is 6.13. The molecular weight excluding hydrogens is 530 g/mol. The molecule has 6 unspecified atom stereocenters. The highest BCUT2D eigenvalue weighted by Gasteiger charge is 2.70. The molecule has 2 N–H and O–H groups in total. The number of carbonyl (C=O) groups excluding carboxylic acids is 4. The van der Waals surface area contributed by atoms with Gasteiger partial charge in [0.15, 0.2) is 0 Å². The summed E-state index contributed by atoms with van der Waals surface area (Å²) in [5, 5.41) is 11.7. The number of allylic oxidation sites excluding steroid dienone is 2. The number of nitrogens with one attached hydrogen (secondary N) is 1. The minimum absolute atomic E-state index is 0.0435. The fourth-order valence-corrected chi connectivity index (χ4v) is 7.98. The molecule has 8 nitrogen and oxygen atoms in total. The normalized spacial score (nSPS) is 30.1. The summed E-state index contributed by atoms with van der Waals surface area (Å²) in [6, 6.07) is 23.6. The van der Waals surface area contributed by atoms with Crippen molar-refractivity contribution in [3.05, 3.63) is 107 Å². The largest absolute Gasteiger partial charge is 0.508 e. The maximum atomic E-state index is 14.9.